The molecule has 17 heavy (non-hydrogen) atoms. The zero-order valence-electron chi connectivity index (χ0n) is 10.8. The van der Waals surface area contributed by atoms with Crippen LogP contribution < -0.4 is 11.1 Å². The van der Waals surface area contributed by atoms with Crippen LogP contribution >= 0.6 is 12.2 Å². The van der Waals surface area contributed by atoms with E-state index >= 15 is 0 Å². The minimum absolute atomic E-state index is 0.0188. The van der Waals surface area contributed by atoms with Gasteiger partial charge in [0.05, 0.1) is 17.5 Å². The van der Waals surface area contributed by atoms with Crippen molar-refractivity contribution in [2.45, 2.75) is 20.8 Å². The van der Waals surface area contributed by atoms with Crippen molar-refractivity contribution < 1.29 is 9.59 Å². The maximum Gasteiger partial charge on any atom is 0.241 e. The van der Waals surface area contributed by atoms with Crippen LogP contribution in [0.25, 0.3) is 0 Å². The van der Waals surface area contributed by atoms with Gasteiger partial charge in [0.25, 0.3) is 0 Å². The summed E-state index contributed by atoms with van der Waals surface area (Å²) in [5.74, 6) is -0.923. The second-order valence-corrected chi connectivity index (χ2v) is 4.72. The van der Waals surface area contributed by atoms with E-state index in [-0.39, 0.29) is 29.3 Å². The van der Waals surface area contributed by atoms with Crippen molar-refractivity contribution in [2.24, 2.45) is 17.6 Å². The molecule has 1 unspecified atom stereocenters. The van der Waals surface area contributed by atoms with Crippen molar-refractivity contribution in [3.05, 3.63) is 0 Å². The number of carbonyl (C=O) groups excluding carboxylic acids is 2. The average molecular weight is 259 g/mol. The monoisotopic (exact) mass is 259 g/mol. The highest BCUT2D eigenvalue weighted by atomic mass is 32.1. The lowest BCUT2D eigenvalue weighted by Crippen LogP contribution is -2.44. The molecule has 6 heteroatoms. The molecule has 0 spiro atoms. The molecule has 98 valence electrons. The molecule has 0 aliphatic heterocycles. The number of rotatable bonds is 6. The molecule has 0 aromatic rings. The highest BCUT2D eigenvalue weighted by Crippen LogP contribution is 2.11. The molecule has 2 amide bonds. The molecule has 0 fully saturated rings. The summed E-state index contributed by atoms with van der Waals surface area (Å²) in [5.41, 5.74) is 5.51. The van der Waals surface area contributed by atoms with Crippen LogP contribution in [0.5, 0.6) is 0 Å². The summed E-state index contributed by atoms with van der Waals surface area (Å²) in [6.45, 7) is 6.19. The van der Waals surface area contributed by atoms with Gasteiger partial charge < -0.3 is 16.0 Å². The normalized spacial score (nSPS) is 12.1. The van der Waals surface area contributed by atoms with Crippen LogP contribution in [0, 0.1) is 11.8 Å². The molecule has 0 aromatic carbocycles. The molecule has 5 nitrogen and oxygen atoms in total. The highest BCUT2D eigenvalue weighted by Gasteiger charge is 2.25. The molecule has 1 atom stereocenters. The van der Waals surface area contributed by atoms with Crippen molar-refractivity contribution in [3.63, 3.8) is 0 Å². The number of nitrogens with one attached hydrogen (secondary N) is 1. The van der Waals surface area contributed by atoms with Gasteiger partial charge in [0.2, 0.25) is 11.8 Å². The van der Waals surface area contributed by atoms with Crippen LogP contribution in [-0.4, -0.2) is 41.8 Å². The van der Waals surface area contributed by atoms with Gasteiger partial charge in [0.1, 0.15) is 0 Å². The van der Waals surface area contributed by atoms with Gasteiger partial charge in [-0.2, -0.15) is 0 Å². The largest absolute Gasteiger partial charge is 0.393 e. The van der Waals surface area contributed by atoms with Crippen molar-refractivity contribution in [1.82, 2.24) is 10.2 Å². The average Bonchev–Trinajstić information content (AvgIpc) is 2.23. The van der Waals surface area contributed by atoms with Crippen LogP contribution in [0.1, 0.15) is 20.8 Å². The summed E-state index contributed by atoms with van der Waals surface area (Å²) in [7, 11) is 1.68. The third-order valence-electron chi connectivity index (χ3n) is 2.57. The number of nitrogens with two attached hydrogens (primary N) is 1. The molecule has 0 saturated heterocycles. The lowest BCUT2D eigenvalue weighted by atomic mass is 9.95. The molecule has 0 aliphatic carbocycles. The second kappa shape index (κ2) is 7.21. The smallest absolute Gasteiger partial charge is 0.241 e. The number of hydrogen-bond donors (Lipinski definition) is 2. The summed E-state index contributed by atoms with van der Waals surface area (Å²) in [6, 6.07) is 0. The number of amides is 2. The Labute approximate surface area is 108 Å². The molecule has 0 heterocycles. The minimum atomic E-state index is -0.523. The number of likely N-dealkylation sites (N-methyl/N-ethyl adjacent to an activating group) is 1. The maximum atomic E-state index is 11.8. The number of carbonyl (C=O) groups is 2. The number of thiocarbonyl (C=S) groups is 1. The van der Waals surface area contributed by atoms with E-state index in [1.165, 1.54) is 4.90 Å². The van der Waals surface area contributed by atoms with E-state index in [0.29, 0.717) is 6.54 Å². The number of hydrogen-bond acceptors (Lipinski definition) is 3. The van der Waals surface area contributed by atoms with Gasteiger partial charge in [-0.15, -0.1) is 0 Å². The van der Waals surface area contributed by atoms with Crippen molar-refractivity contribution in [1.29, 1.82) is 0 Å². The van der Waals surface area contributed by atoms with Gasteiger partial charge in [-0.1, -0.05) is 26.1 Å². The van der Waals surface area contributed by atoms with Crippen LogP contribution in [0.4, 0.5) is 0 Å². The molecule has 0 saturated carbocycles. The van der Waals surface area contributed by atoms with E-state index < -0.39 is 5.92 Å². The molecule has 0 aromatic heterocycles. The molecule has 3 N–H and O–H groups in total. The quantitative estimate of drug-likeness (QED) is 0.665. The highest BCUT2D eigenvalue weighted by molar-refractivity contribution is 7.80. The van der Waals surface area contributed by atoms with E-state index in [0.717, 1.165) is 0 Å². The Morgan fingerprint density at radius 2 is 1.94 bits per heavy atom. The predicted octanol–water partition coefficient (Wildman–Crippen LogP) is 0.139. The first-order valence-electron chi connectivity index (χ1n) is 5.62. The van der Waals surface area contributed by atoms with Crippen LogP contribution in [0.15, 0.2) is 0 Å². The predicted molar refractivity (Wildman–Crippen MR) is 71.4 cm³/mol. The lowest BCUT2D eigenvalue weighted by molar-refractivity contribution is -0.132. The molecular formula is C11H21N3O2S. The Kier molecular flexibility index (Phi) is 6.72. The van der Waals surface area contributed by atoms with Gasteiger partial charge in [0.15, 0.2) is 0 Å². The Morgan fingerprint density at radius 3 is 2.29 bits per heavy atom. The van der Waals surface area contributed by atoms with Gasteiger partial charge >= 0.3 is 0 Å². The lowest BCUT2D eigenvalue weighted by Gasteiger charge is -2.20. The van der Waals surface area contributed by atoms with Crippen molar-refractivity contribution in [2.75, 3.05) is 20.1 Å². The standard InChI is InChI=1S/C11H21N3O2S/c1-5-14(4)8(15)6-13-11(16)9(7(2)3)10(12)17/h7,9H,5-6H2,1-4H3,(H2,12,17)(H,13,16). The molecule has 0 bridgehead atoms. The van der Waals surface area contributed by atoms with Crippen LogP contribution in [0.2, 0.25) is 0 Å². The summed E-state index contributed by atoms with van der Waals surface area (Å²) >= 11 is 4.85. The zero-order valence-corrected chi connectivity index (χ0v) is 11.6. The van der Waals surface area contributed by atoms with Gasteiger partial charge in [-0.25, -0.2) is 0 Å². The van der Waals surface area contributed by atoms with E-state index in [4.69, 9.17) is 18.0 Å². The topological polar surface area (TPSA) is 75.4 Å². The molecular weight excluding hydrogens is 238 g/mol. The fourth-order valence-corrected chi connectivity index (χ4v) is 1.72. The maximum absolute atomic E-state index is 11.8. The SMILES string of the molecule is CCN(C)C(=O)CNC(=O)C(C(N)=S)C(C)C. The third kappa shape index (κ3) is 5.12. The summed E-state index contributed by atoms with van der Waals surface area (Å²) in [4.78, 5) is 25.0. The first-order valence-corrected chi connectivity index (χ1v) is 6.03. The zero-order chi connectivity index (χ0) is 13.6. The number of nitrogens with zero attached hydrogens (tertiary/aromatic N) is 1. The Hall–Kier alpha value is -1.17. The second-order valence-electron chi connectivity index (χ2n) is 4.25. The van der Waals surface area contributed by atoms with E-state index in [9.17, 15) is 9.59 Å². The molecule has 0 aliphatic rings. The van der Waals surface area contributed by atoms with E-state index in [2.05, 4.69) is 5.32 Å². The van der Waals surface area contributed by atoms with Gasteiger partial charge in [-0.05, 0) is 12.8 Å². The van der Waals surface area contributed by atoms with Crippen molar-refractivity contribution in [3.8, 4) is 0 Å². The van der Waals surface area contributed by atoms with E-state index in [1.54, 1.807) is 7.05 Å². The van der Waals surface area contributed by atoms with Gasteiger partial charge in [0, 0.05) is 13.6 Å². The summed E-state index contributed by atoms with van der Waals surface area (Å²) < 4.78 is 0. The molecule has 0 radical (unpaired) electrons. The minimum Gasteiger partial charge on any atom is -0.393 e. The first-order chi connectivity index (χ1) is 7.81. The Balaban J connectivity index is 4.34. The van der Waals surface area contributed by atoms with Crippen LogP contribution in [-0.2, 0) is 9.59 Å². The third-order valence-corrected chi connectivity index (χ3v) is 2.82. The van der Waals surface area contributed by atoms with E-state index in [1.807, 2.05) is 20.8 Å². The summed E-state index contributed by atoms with van der Waals surface area (Å²) in [5, 5.41) is 2.56. The fraction of sp³-hybridized carbons (Fsp3) is 0.727. The van der Waals surface area contributed by atoms with Crippen molar-refractivity contribution >= 4 is 29.0 Å². The van der Waals surface area contributed by atoms with Crippen LogP contribution in [0.3, 0.4) is 0 Å². The first kappa shape index (κ1) is 15.8. The Morgan fingerprint density at radius 1 is 1.41 bits per heavy atom. The molecule has 0 rings (SSSR count). The Bertz CT molecular complexity index is 305. The van der Waals surface area contributed by atoms with Gasteiger partial charge in [-0.3, -0.25) is 9.59 Å². The fourth-order valence-electron chi connectivity index (χ4n) is 1.34. The summed E-state index contributed by atoms with van der Waals surface area (Å²) in [6.07, 6.45) is 0.